The van der Waals surface area contributed by atoms with Crippen LogP contribution in [0.15, 0.2) is 39.3 Å². The van der Waals surface area contributed by atoms with Crippen LogP contribution in [0.1, 0.15) is 21.8 Å². The maximum absolute atomic E-state index is 12.5. The molecule has 0 aliphatic rings. The van der Waals surface area contributed by atoms with Gasteiger partial charge in [-0.05, 0) is 66.0 Å². The van der Waals surface area contributed by atoms with Crippen molar-refractivity contribution in [3.05, 3.63) is 55.9 Å². The summed E-state index contributed by atoms with van der Waals surface area (Å²) in [6.45, 7) is 6.68. The fraction of sp³-hybridized carbons (Fsp3) is 0.316. The number of aryl methyl sites for hydroxylation is 3. The Kier molecular flexibility index (Phi) is 6.39. The first-order valence-corrected chi connectivity index (χ1v) is 11.1. The number of rotatable bonds is 6. The number of benzene rings is 1. The van der Waals surface area contributed by atoms with Crippen molar-refractivity contribution in [3.63, 3.8) is 0 Å². The zero-order chi connectivity index (χ0) is 19.6. The Balaban J connectivity index is 1.71. The first-order valence-electron chi connectivity index (χ1n) is 8.46. The first-order chi connectivity index (χ1) is 12.8. The average molecular weight is 465 g/mol. The second kappa shape index (κ2) is 8.58. The lowest BCUT2D eigenvalue weighted by Gasteiger charge is -2.16. The zero-order valence-corrected chi connectivity index (χ0v) is 18.9. The van der Waals surface area contributed by atoms with Gasteiger partial charge in [-0.1, -0.05) is 23.9 Å². The third-order valence-electron chi connectivity index (χ3n) is 4.17. The molecule has 0 spiro atoms. The summed E-state index contributed by atoms with van der Waals surface area (Å²) >= 11 is 6.52. The number of hydrogen-bond acceptors (Lipinski definition) is 5. The van der Waals surface area contributed by atoms with Crippen LogP contribution in [0.5, 0.6) is 0 Å². The van der Waals surface area contributed by atoms with Crippen molar-refractivity contribution in [2.45, 2.75) is 32.5 Å². The number of aromatic nitrogens is 3. The molecule has 0 bridgehead atoms. The maximum Gasteiger partial charge on any atom is 0.233 e. The van der Waals surface area contributed by atoms with Gasteiger partial charge in [0.25, 0.3) is 0 Å². The highest BCUT2D eigenvalue weighted by atomic mass is 79.9. The number of thiophene rings is 1. The van der Waals surface area contributed by atoms with E-state index in [1.54, 1.807) is 16.2 Å². The topological polar surface area (TPSA) is 51.0 Å². The van der Waals surface area contributed by atoms with E-state index in [2.05, 4.69) is 58.2 Å². The first kappa shape index (κ1) is 20.1. The molecule has 1 amide bonds. The monoisotopic (exact) mass is 464 g/mol. The van der Waals surface area contributed by atoms with E-state index in [0.29, 0.717) is 12.3 Å². The number of carbonyl (C=O) groups excluding carboxylic acids is 1. The number of amides is 1. The largest absolute Gasteiger partial charge is 0.340 e. The maximum atomic E-state index is 12.5. The van der Waals surface area contributed by atoms with Gasteiger partial charge in [0.2, 0.25) is 5.91 Å². The SMILES string of the molecule is Cc1ccc(C)c(-n2c(C)nnc2SCC(=O)N(C)Cc2ccc(Br)s2)c1. The van der Waals surface area contributed by atoms with Crippen molar-refractivity contribution < 1.29 is 4.79 Å². The van der Waals surface area contributed by atoms with Crippen LogP contribution in [-0.4, -0.2) is 38.4 Å². The Bertz CT molecular complexity index is 967. The zero-order valence-electron chi connectivity index (χ0n) is 15.7. The Hall–Kier alpha value is -1.64. The lowest BCUT2D eigenvalue weighted by Crippen LogP contribution is -2.27. The molecule has 0 unspecified atom stereocenters. The third-order valence-corrected chi connectivity index (χ3v) is 6.70. The van der Waals surface area contributed by atoms with Crippen LogP contribution >= 0.6 is 39.0 Å². The standard InChI is InChI=1S/C19H21BrN4OS2/c1-12-5-6-13(2)16(9-12)24-14(3)21-22-19(24)26-11-18(25)23(4)10-15-7-8-17(20)27-15/h5-9H,10-11H2,1-4H3. The van der Waals surface area contributed by atoms with Crippen molar-refractivity contribution >= 4 is 44.9 Å². The van der Waals surface area contributed by atoms with E-state index in [-0.39, 0.29) is 5.91 Å². The molecule has 3 aromatic rings. The minimum Gasteiger partial charge on any atom is -0.340 e. The number of hydrogen-bond donors (Lipinski definition) is 0. The molecule has 0 saturated carbocycles. The van der Waals surface area contributed by atoms with Crippen LogP contribution in [0.4, 0.5) is 0 Å². The van der Waals surface area contributed by atoms with Gasteiger partial charge >= 0.3 is 0 Å². The Morgan fingerprint density at radius 2 is 2.00 bits per heavy atom. The molecule has 142 valence electrons. The molecule has 3 rings (SSSR count). The summed E-state index contributed by atoms with van der Waals surface area (Å²) in [4.78, 5) is 15.4. The molecule has 0 fully saturated rings. The highest BCUT2D eigenvalue weighted by Crippen LogP contribution is 2.26. The van der Waals surface area contributed by atoms with E-state index in [0.717, 1.165) is 30.9 Å². The molecular weight excluding hydrogens is 444 g/mol. The summed E-state index contributed by atoms with van der Waals surface area (Å²) in [6, 6.07) is 10.3. The molecule has 2 aromatic heterocycles. The van der Waals surface area contributed by atoms with E-state index in [4.69, 9.17) is 0 Å². The van der Waals surface area contributed by atoms with Gasteiger partial charge in [0.1, 0.15) is 5.82 Å². The van der Waals surface area contributed by atoms with E-state index in [1.165, 1.54) is 17.3 Å². The quantitative estimate of drug-likeness (QED) is 0.493. The summed E-state index contributed by atoms with van der Waals surface area (Å²) < 4.78 is 3.10. The number of carbonyl (C=O) groups is 1. The molecule has 5 nitrogen and oxygen atoms in total. The fourth-order valence-electron chi connectivity index (χ4n) is 2.67. The van der Waals surface area contributed by atoms with Gasteiger partial charge in [0.15, 0.2) is 5.16 Å². The van der Waals surface area contributed by atoms with Gasteiger partial charge in [-0.15, -0.1) is 21.5 Å². The van der Waals surface area contributed by atoms with Gasteiger partial charge in [-0.2, -0.15) is 0 Å². The van der Waals surface area contributed by atoms with E-state index in [9.17, 15) is 4.79 Å². The molecule has 27 heavy (non-hydrogen) atoms. The Morgan fingerprint density at radius 1 is 1.22 bits per heavy atom. The minimum absolute atomic E-state index is 0.0673. The predicted molar refractivity (Wildman–Crippen MR) is 115 cm³/mol. The van der Waals surface area contributed by atoms with Gasteiger partial charge in [0.05, 0.1) is 21.8 Å². The lowest BCUT2D eigenvalue weighted by atomic mass is 10.1. The van der Waals surface area contributed by atoms with Crippen LogP contribution in [0.25, 0.3) is 5.69 Å². The summed E-state index contributed by atoms with van der Waals surface area (Å²) in [5, 5.41) is 9.24. The molecule has 0 aliphatic heterocycles. The van der Waals surface area contributed by atoms with Crippen molar-refractivity contribution in [2.24, 2.45) is 0 Å². The smallest absolute Gasteiger partial charge is 0.233 e. The third kappa shape index (κ3) is 4.80. The number of halogens is 1. The van der Waals surface area contributed by atoms with Crippen LogP contribution in [0.2, 0.25) is 0 Å². The van der Waals surface area contributed by atoms with Crippen molar-refractivity contribution in [3.8, 4) is 5.69 Å². The normalized spacial score (nSPS) is 11.0. The second-order valence-electron chi connectivity index (χ2n) is 6.40. The molecule has 0 radical (unpaired) electrons. The number of thioether (sulfide) groups is 1. The van der Waals surface area contributed by atoms with Crippen LogP contribution in [0, 0.1) is 20.8 Å². The van der Waals surface area contributed by atoms with Crippen molar-refractivity contribution in [2.75, 3.05) is 12.8 Å². The van der Waals surface area contributed by atoms with Gasteiger partial charge in [0, 0.05) is 11.9 Å². The predicted octanol–water partition coefficient (Wildman–Crippen LogP) is 4.77. The molecule has 1 aromatic carbocycles. The Labute approximate surface area is 175 Å². The molecule has 0 saturated heterocycles. The van der Waals surface area contributed by atoms with Crippen molar-refractivity contribution in [1.29, 1.82) is 0 Å². The van der Waals surface area contributed by atoms with Gasteiger partial charge in [-0.25, -0.2) is 0 Å². The van der Waals surface area contributed by atoms with Crippen LogP contribution < -0.4 is 0 Å². The lowest BCUT2D eigenvalue weighted by molar-refractivity contribution is -0.127. The highest BCUT2D eigenvalue weighted by Gasteiger charge is 2.17. The summed E-state index contributed by atoms with van der Waals surface area (Å²) in [7, 11) is 1.83. The van der Waals surface area contributed by atoms with Gasteiger partial charge < -0.3 is 4.90 Å². The van der Waals surface area contributed by atoms with Gasteiger partial charge in [-0.3, -0.25) is 9.36 Å². The molecule has 0 aliphatic carbocycles. The second-order valence-corrected chi connectivity index (χ2v) is 9.89. The van der Waals surface area contributed by atoms with Crippen molar-refractivity contribution in [1.82, 2.24) is 19.7 Å². The molecule has 8 heteroatoms. The summed E-state index contributed by atoms with van der Waals surface area (Å²) in [5.41, 5.74) is 3.39. The molecular formula is C19H21BrN4OS2. The molecule has 0 N–H and O–H groups in total. The van der Waals surface area contributed by atoms with E-state index < -0.39 is 0 Å². The highest BCUT2D eigenvalue weighted by molar-refractivity contribution is 9.11. The Morgan fingerprint density at radius 3 is 2.70 bits per heavy atom. The molecule has 2 heterocycles. The van der Waals surface area contributed by atoms with E-state index in [1.807, 2.05) is 30.7 Å². The minimum atomic E-state index is 0.0673. The van der Waals surface area contributed by atoms with E-state index >= 15 is 0 Å². The fourth-order valence-corrected chi connectivity index (χ4v) is 5.14. The summed E-state index contributed by atoms with van der Waals surface area (Å²) in [6.07, 6.45) is 0. The molecule has 0 atom stereocenters. The van der Waals surface area contributed by atoms with Crippen LogP contribution in [0.3, 0.4) is 0 Å². The van der Waals surface area contributed by atoms with Crippen LogP contribution in [-0.2, 0) is 11.3 Å². The summed E-state index contributed by atoms with van der Waals surface area (Å²) in [5.74, 6) is 1.21. The number of nitrogens with zero attached hydrogens (tertiary/aromatic N) is 4. The average Bonchev–Trinajstić information content (AvgIpc) is 3.20.